The average Bonchev–Trinajstić information content (AvgIpc) is 3.47. The van der Waals surface area contributed by atoms with Gasteiger partial charge >= 0.3 is 5.97 Å². The van der Waals surface area contributed by atoms with Gasteiger partial charge < -0.3 is 24.2 Å². The molecule has 0 unspecified atom stereocenters. The molecule has 2 aliphatic rings. The zero-order valence-corrected chi connectivity index (χ0v) is 24.8. The lowest BCUT2D eigenvalue weighted by Crippen LogP contribution is -2.27. The van der Waals surface area contributed by atoms with Crippen LogP contribution in [0, 0.1) is 12.7 Å². The number of para-hydroxylation sites is 1. The molecule has 0 atom stereocenters. The summed E-state index contributed by atoms with van der Waals surface area (Å²) < 4.78 is 32.8. The predicted octanol–water partition coefficient (Wildman–Crippen LogP) is 5.84. The summed E-state index contributed by atoms with van der Waals surface area (Å²) in [7, 11) is 3.38. The quantitative estimate of drug-likeness (QED) is 0.288. The minimum absolute atomic E-state index is 0.0572. The van der Waals surface area contributed by atoms with Gasteiger partial charge in [0, 0.05) is 37.4 Å². The second kappa shape index (κ2) is 13.8. The SMILES string of the molecule is C1CCOCC1.COc1c(C(=O)O)cnn1-c1cccc(-c2cccc(C)c2OCc2cc(F)c3c(c2)CCN(C)C3)n1. The number of fused-ring (bicyclic) bond motifs is 1. The molecule has 0 saturated carbocycles. The molecule has 6 rings (SSSR count). The number of benzene rings is 2. The second-order valence-corrected chi connectivity index (χ2v) is 10.8. The lowest BCUT2D eigenvalue weighted by molar-refractivity contribution is 0.0693. The van der Waals surface area contributed by atoms with Gasteiger partial charge in [0.05, 0.1) is 19.0 Å². The molecule has 226 valence electrons. The first kappa shape index (κ1) is 30.2. The van der Waals surface area contributed by atoms with Crippen molar-refractivity contribution in [2.45, 2.75) is 45.8 Å². The monoisotopic (exact) mass is 588 g/mol. The summed E-state index contributed by atoms with van der Waals surface area (Å²) in [6.45, 7) is 5.67. The third kappa shape index (κ3) is 7.03. The first-order valence-corrected chi connectivity index (χ1v) is 14.5. The van der Waals surface area contributed by atoms with E-state index in [9.17, 15) is 14.3 Å². The van der Waals surface area contributed by atoms with Crippen LogP contribution in [0.3, 0.4) is 0 Å². The Labute approximate surface area is 250 Å². The zero-order chi connectivity index (χ0) is 30.3. The van der Waals surface area contributed by atoms with E-state index in [4.69, 9.17) is 19.2 Å². The van der Waals surface area contributed by atoms with Crippen LogP contribution in [-0.4, -0.2) is 64.7 Å². The van der Waals surface area contributed by atoms with Crippen LogP contribution in [-0.2, 0) is 24.3 Å². The molecule has 2 aliphatic heterocycles. The van der Waals surface area contributed by atoms with Gasteiger partial charge in [0.15, 0.2) is 5.82 Å². The fourth-order valence-electron chi connectivity index (χ4n) is 5.32. The summed E-state index contributed by atoms with van der Waals surface area (Å²) in [6, 6.07) is 14.7. The maximum atomic E-state index is 14.8. The first-order chi connectivity index (χ1) is 20.9. The summed E-state index contributed by atoms with van der Waals surface area (Å²) in [5.41, 5.74) is 4.80. The van der Waals surface area contributed by atoms with Gasteiger partial charge in [-0.3, -0.25) is 0 Å². The van der Waals surface area contributed by atoms with Crippen LogP contribution < -0.4 is 9.47 Å². The van der Waals surface area contributed by atoms with Crippen molar-refractivity contribution in [1.82, 2.24) is 19.7 Å². The van der Waals surface area contributed by atoms with Gasteiger partial charge in [-0.1, -0.05) is 24.3 Å². The van der Waals surface area contributed by atoms with E-state index in [0.29, 0.717) is 23.8 Å². The number of carboxylic acids is 1. The number of aryl methyl sites for hydroxylation is 1. The fraction of sp³-hybridized carbons (Fsp3) is 0.364. The van der Waals surface area contributed by atoms with Crippen LogP contribution >= 0.6 is 0 Å². The van der Waals surface area contributed by atoms with E-state index in [1.54, 1.807) is 18.2 Å². The summed E-state index contributed by atoms with van der Waals surface area (Å²) in [6.07, 6.45) is 5.97. The van der Waals surface area contributed by atoms with Crippen molar-refractivity contribution in [3.8, 4) is 28.7 Å². The number of halogens is 1. The lowest BCUT2D eigenvalue weighted by Gasteiger charge is -2.26. The molecular formula is C33H37FN4O5. The topological polar surface area (TPSA) is 98.9 Å². The molecule has 1 N–H and O–H groups in total. The van der Waals surface area contributed by atoms with Gasteiger partial charge in [0.25, 0.3) is 0 Å². The molecule has 0 bridgehead atoms. The van der Waals surface area contributed by atoms with Crippen LogP contribution in [0.4, 0.5) is 4.39 Å². The van der Waals surface area contributed by atoms with Crippen molar-refractivity contribution in [2.24, 2.45) is 0 Å². The minimum atomic E-state index is -1.14. The van der Waals surface area contributed by atoms with Crippen molar-refractivity contribution in [3.63, 3.8) is 0 Å². The summed E-state index contributed by atoms with van der Waals surface area (Å²) in [4.78, 5) is 18.3. The van der Waals surface area contributed by atoms with E-state index in [0.717, 1.165) is 54.0 Å². The number of rotatable bonds is 7. The molecule has 0 radical (unpaired) electrons. The number of aromatic nitrogens is 3. The largest absolute Gasteiger partial charge is 0.488 e. The molecule has 0 amide bonds. The number of carbonyl (C=O) groups is 1. The van der Waals surface area contributed by atoms with E-state index in [1.807, 2.05) is 44.3 Å². The Morgan fingerprint density at radius 1 is 1.12 bits per heavy atom. The van der Waals surface area contributed by atoms with Crippen molar-refractivity contribution < 1.29 is 28.5 Å². The van der Waals surface area contributed by atoms with E-state index < -0.39 is 5.97 Å². The van der Waals surface area contributed by atoms with Crippen molar-refractivity contribution in [1.29, 1.82) is 0 Å². The summed E-state index contributed by atoms with van der Waals surface area (Å²) >= 11 is 0. The Bertz CT molecular complexity index is 1570. The van der Waals surface area contributed by atoms with Gasteiger partial charge in [-0.25, -0.2) is 14.2 Å². The van der Waals surface area contributed by atoms with E-state index >= 15 is 0 Å². The highest BCUT2D eigenvalue weighted by Crippen LogP contribution is 2.34. The maximum absolute atomic E-state index is 14.8. The van der Waals surface area contributed by atoms with E-state index in [2.05, 4.69) is 10.00 Å². The molecule has 10 heteroatoms. The fourth-order valence-corrected chi connectivity index (χ4v) is 5.32. The van der Waals surface area contributed by atoms with E-state index in [-0.39, 0.29) is 23.9 Å². The Hall–Kier alpha value is -4.28. The second-order valence-electron chi connectivity index (χ2n) is 10.8. The minimum Gasteiger partial charge on any atom is -0.488 e. The highest BCUT2D eigenvalue weighted by molar-refractivity contribution is 5.90. The molecule has 2 aromatic carbocycles. The van der Waals surface area contributed by atoms with Crippen LogP contribution in [0.15, 0.2) is 54.7 Å². The van der Waals surface area contributed by atoms with Crippen molar-refractivity contribution in [3.05, 3.63) is 88.4 Å². The van der Waals surface area contributed by atoms with Crippen LogP contribution in [0.5, 0.6) is 11.6 Å². The van der Waals surface area contributed by atoms with Crippen molar-refractivity contribution >= 4 is 5.97 Å². The molecule has 4 aromatic rings. The molecule has 2 aromatic heterocycles. The molecule has 0 aliphatic carbocycles. The maximum Gasteiger partial charge on any atom is 0.342 e. The number of pyridine rings is 1. The highest BCUT2D eigenvalue weighted by Gasteiger charge is 2.21. The van der Waals surface area contributed by atoms with Crippen molar-refractivity contribution in [2.75, 3.05) is 33.9 Å². The number of methoxy groups -OCH3 is 1. The number of aromatic carboxylic acids is 1. The molecule has 1 fully saturated rings. The molecule has 1 saturated heterocycles. The van der Waals surface area contributed by atoms with Gasteiger partial charge in [-0.2, -0.15) is 9.78 Å². The molecule has 43 heavy (non-hydrogen) atoms. The van der Waals surface area contributed by atoms with Gasteiger partial charge in [0.1, 0.15) is 23.7 Å². The number of hydrogen-bond acceptors (Lipinski definition) is 7. The standard InChI is InChI=1S/C28H27FN4O4.C5H10O/c1-17-6-4-7-20(24-8-5-9-25(31-24)33-27(36-3)21(14-30-33)28(34)35)26(17)37-16-18-12-19-10-11-32(2)15-22(19)23(29)13-18;1-2-4-6-5-3-1/h4-9,12-14H,10-11,15-16H2,1-3H3,(H,34,35);1-5H2. The smallest absolute Gasteiger partial charge is 0.342 e. The number of ether oxygens (including phenoxy) is 3. The molecule has 9 nitrogen and oxygen atoms in total. The van der Waals surface area contributed by atoms with E-state index in [1.165, 1.54) is 37.3 Å². The normalized spacial score (nSPS) is 14.8. The Morgan fingerprint density at radius 3 is 2.60 bits per heavy atom. The third-order valence-corrected chi connectivity index (χ3v) is 7.59. The number of likely N-dealkylation sites (N-methyl/N-ethyl adjacent to an activating group) is 1. The zero-order valence-electron chi connectivity index (χ0n) is 24.8. The number of carboxylic acid groups (broad SMARTS) is 1. The highest BCUT2D eigenvalue weighted by atomic mass is 19.1. The Morgan fingerprint density at radius 2 is 1.91 bits per heavy atom. The number of nitrogens with zero attached hydrogens (tertiary/aromatic N) is 4. The Kier molecular flexibility index (Phi) is 9.68. The third-order valence-electron chi connectivity index (χ3n) is 7.59. The average molecular weight is 589 g/mol. The molecule has 0 spiro atoms. The molecule has 4 heterocycles. The van der Waals surface area contributed by atoms with Crippen LogP contribution in [0.2, 0.25) is 0 Å². The molecular weight excluding hydrogens is 551 g/mol. The summed E-state index contributed by atoms with van der Waals surface area (Å²) in [5.74, 6) is -0.214. The lowest BCUT2D eigenvalue weighted by atomic mass is 9.97. The number of hydrogen-bond donors (Lipinski definition) is 1. The van der Waals surface area contributed by atoms with Gasteiger partial charge in [-0.05, 0) is 80.6 Å². The predicted molar refractivity (Wildman–Crippen MR) is 160 cm³/mol. The summed E-state index contributed by atoms with van der Waals surface area (Å²) in [5, 5.41) is 13.6. The van der Waals surface area contributed by atoms with Crippen LogP contribution in [0.25, 0.3) is 17.1 Å². The first-order valence-electron chi connectivity index (χ1n) is 14.5. The van der Waals surface area contributed by atoms with Gasteiger partial charge in [0.2, 0.25) is 5.88 Å². The van der Waals surface area contributed by atoms with Gasteiger partial charge in [-0.15, -0.1) is 0 Å². The van der Waals surface area contributed by atoms with Crippen LogP contribution in [0.1, 0.15) is 51.9 Å². The Balaban J connectivity index is 0.000000548.